The first-order chi connectivity index (χ1) is 10.8. The summed E-state index contributed by atoms with van der Waals surface area (Å²) in [7, 11) is 0. The summed E-state index contributed by atoms with van der Waals surface area (Å²) >= 11 is 0. The standard InChI is InChI=1S/C22H40/c1-3-5-7-9-19-11-15-21(16-12-19)22-17-13-20(14-18-22)10-8-6-4-2/h3,5,19-22H,4,6-18H2,1-2H3/b5-3+. The minimum atomic E-state index is 1.04. The average Bonchev–Trinajstić information content (AvgIpc) is 2.57. The zero-order chi connectivity index (χ0) is 15.6. The van der Waals surface area contributed by atoms with Crippen LogP contribution in [0.25, 0.3) is 0 Å². The monoisotopic (exact) mass is 304 g/mol. The van der Waals surface area contributed by atoms with Gasteiger partial charge in [-0.25, -0.2) is 0 Å². The molecular formula is C22H40. The van der Waals surface area contributed by atoms with Crippen LogP contribution in [0.4, 0.5) is 0 Å². The Kier molecular flexibility index (Phi) is 8.63. The normalized spacial score (nSPS) is 33.4. The Hall–Kier alpha value is -0.260. The number of hydrogen-bond donors (Lipinski definition) is 0. The van der Waals surface area contributed by atoms with Gasteiger partial charge in [0.1, 0.15) is 0 Å². The smallest absolute Gasteiger partial charge is 0.0348 e. The van der Waals surface area contributed by atoms with Gasteiger partial charge in [0.25, 0.3) is 0 Å². The van der Waals surface area contributed by atoms with Crippen molar-refractivity contribution in [2.24, 2.45) is 23.7 Å². The highest BCUT2D eigenvalue weighted by Gasteiger charge is 2.30. The van der Waals surface area contributed by atoms with Crippen molar-refractivity contribution in [3.8, 4) is 0 Å². The Morgan fingerprint density at radius 2 is 1.27 bits per heavy atom. The van der Waals surface area contributed by atoms with E-state index in [2.05, 4.69) is 26.0 Å². The molecule has 0 saturated heterocycles. The lowest BCUT2D eigenvalue weighted by Gasteiger charge is -2.38. The highest BCUT2D eigenvalue weighted by atomic mass is 14.4. The third-order valence-corrected chi connectivity index (χ3v) is 6.64. The summed E-state index contributed by atoms with van der Waals surface area (Å²) in [5.74, 6) is 4.31. The second kappa shape index (κ2) is 10.5. The molecule has 0 aromatic heterocycles. The van der Waals surface area contributed by atoms with E-state index >= 15 is 0 Å². The molecule has 128 valence electrons. The first-order valence-corrected chi connectivity index (χ1v) is 10.4. The van der Waals surface area contributed by atoms with Crippen molar-refractivity contribution in [1.82, 2.24) is 0 Å². The molecular weight excluding hydrogens is 264 g/mol. The second-order valence-electron chi connectivity index (χ2n) is 8.20. The lowest BCUT2D eigenvalue weighted by molar-refractivity contribution is 0.140. The molecule has 2 rings (SSSR count). The minimum absolute atomic E-state index is 1.04. The van der Waals surface area contributed by atoms with Crippen molar-refractivity contribution in [3.05, 3.63) is 12.2 Å². The Morgan fingerprint density at radius 1 is 0.727 bits per heavy atom. The lowest BCUT2D eigenvalue weighted by Crippen LogP contribution is -2.25. The van der Waals surface area contributed by atoms with Gasteiger partial charge in [-0.3, -0.25) is 0 Å². The first kappa shape index (κ1) is 18.1. The van der Waals surface area contributed by atoms with Crippen LogP contribution in [-0.2, 0) is 0 Å². The van der Waals surface area contributed by atoms with E-state index in [9.17, 15) is 0 Å². The Labute approximate surface area is 140 Å². The van der Waals surface area contributed by atoms with E-state index in [0.29, 0.717) is 0 Å². The third-order valence-electron chi connectivity index (χ3n) is 6.64. The van der Waals surface area contributed by atoms with Crippen LogP contribution in [0.1, 0.15) is 104 Å². The molecule has 0 spiro atoms. The fourth-order valence-corrected chi connectivity index (χ4v) is 5.08. The Bertz CT molecular complexity index is 287. The highest BCUT2D eigenvalue weighted by Crippen LogP contribution is 2.43. The molecule has 2 aliphatic rings. The molecule has 22 heavy (non-hydrogen) atoms. The van der Waals surface area contributed by atoms with Crippen LogP contribution in [0.3, 0.4) is 0 Å². The summed E-state index contributed by atoms with van der Waals surface area (Å²) in [6.07, 6.45) is 25.5. The van der Waals surface area contributed by atoms with E-state index in [1.807, 2.05) is 0 Å². The molecule has 2 saturated carbocycles. The first-order valence-electron chi connectivity index (χ1n) is 10.4. The summed E-state index contributed by atoms with van der Waals surface area (Å²) in [5, 5.41) is 0. The molecule has 2 fully saturated rings. The van der Waals surface area contributed by atoms with Gasteiger partial charge in [0.2, 0.25) is 0 Å². The number of allylic oxidation sites excluding steroid dienone is 2. The van der Waals surface area contributed by atoms with Gasteiger partial charge in [0.15, 0.2) is 0 Å². The fraction of sp³-hybridized carbons (Fsp3) is 0.909. The number of rotatable bonds is 8. The Morgan fingerprint density at radius 3 is 1.77 bits per heavy atom. The highest BCUT2D eigenvalue weighted by molar-refractivity contribution is 4.84. The molecule has 0 amide bonds. The summed E-state index contributed by atoms with van der Waals surface area (Å²) in [4.78, 5) is 0. The molecule has 0 unspecified atom stereocenters. The van der Waals surface area contributed by atoms with Crippen LogP contribution in [0.15, 0.2) is 12.2 Å². The van der Waals surface area contributed by atoms with Crippen molar-refractivity contribution in [1.29, 1.82) is 0 Å². The van der Waals surface area contributed by atoms with Gasteiger partial charge in [0, 0.05) is 0 Å². The molecule has 0 aromatic carbocycles. The maximum absolute atomic E-state index is 2.35. The van der Waals surface area contributed by atoms with Crippen molar-refractivity contribution in [3.63, 3.8) is 0 Å². The molecule has 0 N–H and O–H groups in total. The quantitative estimate of drug-likeness (QED) is 0.321. The molecule has 0 nitrogen and oxygen atoms in total. The maximum atomic E-state index is 2.35. The minimum Gasteiger partial charge on any atom is -0.0917 e. The zero-order valence-corrected chi connectivity index (χ0v) is 15.4. The summed E-state index contributed by atoms with van der Waals surface area (Å²) in [5.41, 5.74) is 0. The van der Waals surface area contributed by atoms with Crippen molar-refractivity contribution < 1.29 is 0 Å². The predicted octanol–water partition coefficient (Wildman–Crippen LogP) is 7.54. The van der Waals surface area contributed by atoms with E-state index in [1.54, 1.807) is 38.5 Å². The van der Waals surface area contributed by atoms with E-state index in [-0.39, 0.29) is 0 Å². The molecule has 0 aliphatic heterocycles. The molecule has 0 atom stereocenters. The molecule has 0 heterocycles. The maximum Gasteiger partial charge on any atom is -0.0348 e. The van der Waals surface area contributed by atoms with E-state index < -0.39 is 0 Å². The molecule has 0 bridgehead atoms. The summed E-state index contributed by atoms with van der Waals surface area (Å²) in [6, 6.07) is 0. The third kappa shape index (κ3) is 6.09. The van der Waals surface area contributed by atoms with Gasteiger partial charge in [-0.15, -0.1) is 0 Å². The van der Waals surface area contributed by atoms with E-state index in [1.165, 1.54) is 51.4 Å². The van der Waals surface area contributed by atoms with Crippen molar-refractivity contribution in [2.75, 3.05) is 0 Å². The van der Waals surface area contributed by atoms with Crippen LogP contribution < -0.4 is 0 Å². The van der Waals surface area contributed by atoms with Gasteiger partial charge in [-0.05, 0) is 69.1 Å². The average molecular weight is 305 g/mol. The van der Waals surface area contributed by atoms with Gasteiger partial charge >= 0.3 is 0 Å². The van der Waals surface area contributed by atoms with Crippen LogP contribution >= 0.6 is 0 Å². The second-order valence-corrected chi connectivity index (χ2v) is 8.20. The molecule has 0 radical (unpaired) electrons. The van der Waals surface area contributed by atoms with E-state index in [4.69, 9.17) is 0 Å². The Balaban J connectivity index is 1.60. The van der Waals surface area contributed by atoms with Gasteiger partial charge in [0.05, 0.1) is 0 Å². The largest absolute Gasteiger partial charge is 0.0917 e. The summed E-state index contributed by atoms with van der Waals surface area (Å²) in [6.45, 7) is 4.47. The lowest BCUT2D eigenvalue weighted by atomic mass is 9.68. The predicted molar refractivity (Wildman–Crippen MR) is 99.1 cm³/mol. The van der Waals surface area contributed by atoms with Crippen LogP contribution in [0.5, 0.6) is 0 Å². The summed E-state index contributed by atoms with van der Waals surface area (Å²) < 4.78 is 0. The van der Waals surface area contributed by atoms with Crippen molar-refractivity contribution in [2.45, 2.75) is 104 Å². The van der Waals surface area contributed by atoms with Crippen LogP contribution in [0.2, 0.25) is 0 Å². The van der Waals surface area contributed by atoms with Gasteiger partial charge < -0.3 is 0 Å². The number of hydrogen-bond acceptors (Lipinski definition) is 0. The van der Waals surface area contributed by atoms with Crippen LogP contribution in [0, 0.1) is 23.7 Å². The zero-order valence-electron chi connectivity index (χ0n) is 15.4. The van der Waals surface area contributed by atoms with Crippen molar-refractivity contribution >= 4 is 0 Å². The van der Waals surface area contributed by atoms with Gasteiger partial charge in [-0.1, -0.05) is 70.4 Å². The number of unbranched alkanes of at least 4 members (excludes halogenated alkanes) is 2. The van der Waals surface area contributed by atoms with Crippen LogP contribution in [-0.4, -0.2) is 0 Å². The fourth-order valence-electron chi connectivity index (χ4n) is 5.08. The molecule has 0 aromatic rings. The SMILES string of the molecule is C/C=C/CCC1CCC(C2CCC(CCCCC)CC2)CC1. The van der Waals surface area contributed by atoms with E-state index in [0.717, 1.165) is 23.7 Å². The van der Waals surface area contributed by atoms with Gasteiger partial charge in [-0.2, -0.15) is 0 Å². The topological polar surface area (TPSA) is 0 Å². The molecule has 2 aliphatic carbocycles. The molecule has 0 heteroatoms.